The molecule has 124 valence electrons. The summed E-state index contributed by atoms with van der Waals surface area (Å²) in [6, 6.07) is 17.9. The summed E-state index contributed by atoms with van der Waals surface area (Å²) in [7, 11) is 0. The van der Waals surface area contributed by atoms with Crippen molar-refractivity contribution in [1.29, 1.82) is 0 Å². The Morgan fingerprint density at radius 2 is 1.88 bits per heavy atom. The largest absolute Gasteiger partial charge is 0.270 e. The van der Waals surface area contributed by atoms with Gasteiger partial charge in [0.25, 0.3) is 5.69 Å². The highest BCUT2D eigenvalue weighted by atomic mass is 16.6. The smallest absolute Gasteiger partial charge is 0.258 e. The van der Waals surface area contributed by atoms with Gasteiger partial charge in [-0.2, -0.15) is 5.10 Å². The molecule has 0 unspecified atom stereocenters. The lowest BCUT2D eigenvalue weighted by Gasteiger charge is -2.05. The molecule has 0 aliphatic heterocycles. The van der Waals surface area contributed by atoms with Gasteiger partial charge in [-0.15, -0.1) is 0 Å². The van der Waals surface area contributed by atoms with Crippen molar-refractivity contribution in [3.63, 3.8) is 0 Å². The summed E-state index contributed by atoms with van der Waals surface area (Å²) in [6.45, 7) is 1.88. The number of aromatic nitrogens is 2. The van der Waals surface area contributed by atoms with Crippen molar-refractivity contribution in [2.75, 3.05) is 5.43 Å². The zero-order valence-electron chi connectivity index (χ0n) is 13.5. The molecule has 0 spiro atoms. The SMILES string of the molecule is Cc1cc(-c2ccccc2)nc(N/N=C/c2cccc([N+](=O)[O-])c2)n1. The number of nitro benzene ring substituents is 1. The van der Waals surface area contributed by atoms with Gasteiger partial charge in [-0.1, -0.05) is 42.5 Å². The fourth-order valence-electron chi connectivity index (χ4n) is 2.26. The number of nitrogens with one attached hydrogen (secondary N) is 1. The molecule has 0 radical (unpaired) electrons. The van der Waals surface area contributed by atoms with Crippen LogP contribution in [0.25, 0.3) is 11.3 Å². The molecule has 0 saturated heterocycles. The lowest BCUT2D eigenvalue weighted by atomic mass is 10.1. The Kier molecular flexibility index (Phi) is 4.75. The van der Waals surface area contributed by atoms with Crippen LogP contribution in [0.5, 0.6) is 0 Å². The molecular formula is C18H15N5O2. The highest BCUT2D eigenvalue weighted by molar-refractivity contribution is 5.81. The average molecular weight is 333 g/mol. The number of nitro groups is 1. The van der Waals surface area contributed by atoms with Crippen LogP contribution in [0.15, 0.2) is 65.8 Å². The van der Waals surface area contributed by atoms with Crippen molar-refractivity contribution in [1.82, 2.24) is 9.97 Å². The van der Waals surface area contributed by atoms with Crippen LogP contribution in [0, 0.1) is 17.0 Å². The van der Waals surface area contributed by atoms with E-state index in [1.165, 1.54) is 18.3 Å². The third-order valence-electron chi connectivity index (χ3n) is 3.38. The van der Waals surface area contributed by atoms with Crippen LogP contribution in [0.4, 0.5) is 11.6 Å². The van der Waals surface area contributed by atoms with Crippen molar-refractivity contribution < 1.29 is 4.92 Å². The number of hydrogen-bond donors (Lipinski definition) is 1. The van der Waals surface area contributed by atoms with E-state index >= 15 is 0 Å². The first kappa shape index (κ1) is 16.3. The van der Waals surface area contributed by atoms with Crippen LogP contribution in [-0.2, 0) is 0 Å². The molecule has 0 aliphatic rings. The number of aryl methyl sites for hydroxylation is 1. The zero-order chi connectivity index (χ0) is 17.6. The fraction of sp³-hybridized carbons (Fsp3) is 0.0556. The van der Waals surface area contributed by atoms with Crippen molar-refractivity contribution in [3.8, 4) is 11.3 Å². The summed E-state index contributed by atoms with van der Waals surface area (Å²) in [4.78, 5) is 19.1. The Balaban J connectivity index is 1.78. The first-order chi connectivity index (χ1) is 12.1. The minimum Gasteiger partial charge on any atom is -0.258 e. The van der Waals surface area contributed by atoms with Gasteiger partial charge in [0, 0.05) is 29.0 Å². The second kappa shape index (κ2) is 7.31. The van der Waals surface area contributed by atoms with Crippen LogP contribution >= 0.6 is 0 Å². The molecule has 0 fully saturated rings. The highest BCUT2D eigenvalue weighted by Gasteiger charge is 2.05. The lowest BCUT2D eigenvalue weighted by molar-refractivity contribution is -0.384. The molecule has 0 amide bonds. The summed E-state index contributed by atoms with van der Waals surface area (Å²) in [5.74, 6) is 0.362. The minimum atomic E-state index is -0.444. The van der Waals surface area contributed by atoms with Crippen LogP contribution in [0.3, 0.4) is 0 Å². The fourth-order valence-corrected chi connectivity index (χ4v) is 2.26. The molecule has 25 heavy (non-hydrogen) atoms. The number of rotatable bonds is 5. The van der Waals surface area contributed by atoms with Gasteiger partial charge in [0.1, 0.15) is 0 Å². The first-order valence-corrected chi connectivity index (χ1v) is 7.56. The molecule has 2 aromatic carbocycles. The summed E-state index contributed by atoms with van der Waals surface area (Å²) in [5, 5.41) is 14.8. The molecule has 3 rings (SSSR count). The van der Waals surface area contributed by atoms with E-state index in [0.29, 0.717) is 11.5 Å². The lowest BCUT2D eigenvalue weighted by Crippen LogP contribution is -2.00. The Labute approximate surface area is 144 Å². The maximum absolute atomic E-state index is 10.8. The van der Waals surface area contributed by atoms with Crippen molar-refractivity contribution in [2.45, 2.75) is 6.92 Å². The van der Waals surface area contributed by atoms with Gasteiger partial charge in [0.05, 0.1) is 16.8 Å². The quantitative estimate of drug-likeness (QED) is 0.435. The van der Waals surface area contributed by atoms with Crippen molar-refractivity contribution in [2.24, 2.45) is 5.10 Å². The second-order valence-electron chi connectivity index (χ2n) is 5.31. The van der Waals surface area contributed by atoms with E-state index in [1.54, 1.807) is 12.1 Å². The van der Waals surface area contributed by atoms with Gasteiger partial charge in [-0.25, -0.2) is 15.4 Å². The van der Waals surface area contributed by atoms with Crippen molar-refractivity contribution >= 4 is 17.9 Å². The second-order valence-corrected chi connectivity index (χ2v) is 5.31. The maximum Gasteiger partial charge on any atom is 0.270 e. The van der Waals surface area contributed by atoms with E-state index in [-0.39, 0.29) is 5.69 Å². The van der Waals surface area contributed by atoms with Crippen LogP contribution < -0.4 is 5.43 Å². The van der Waals surface area contributed by atoms with Gasteiger partial charge >= 0.3 is 0 Å². The van der Waals surface area contributed by atoms with Gasteiger partial charge in [-0.3, -0.25) is 10.1 Å². The number of benzene rings is 2. The third kappa shape index (κ3) is 4.23. The predicted octanol–water partition coefficient (Wildman–Crippen LogP) is 3.81. The van der Waals surface area contributed by atoms with E-state index in [2.05, 4.69) is 20.5 Å². The molecule has 7 nitrogen and oxygen atoms in total. The highest BCUT2D eigenvalue weighted by Crippen LogP contribution is 2.18. The van der Waals surface area contributed by atoms with Gasteiger partial charge in [0.2, 0.25) is 5.95 Å². The molecule has 3 aromatic rings. The molecule has 1 heterocycles. The molecule has 7 heteroatoms. The van der Waals surface area contributed by atoms with Gasteiger partial charge in [-0.05, 0) is 13.0 Å². The van der Waals surface area contributed by atoms with E-state index in [9.17, 15) is 10.1 Å². The summed E-state index contributed by atoms with van der Waals surface area (Å²) >= 11 is 0. The Hall–Kier alpha value is -3.61. The van der Waals surface area contributed by atoms with Gasteiger partial charge in [0.15, 0.2) is 0 Å². The molecule has 0 bridgehead atoms. The van der Waals surface area contributed by atoms with E-state index in [4.69, 9.17) is 0 Å². The number of non-ortho nitro benzene ring substituents is 1. The molecule has 1 N–H and O–H groups in total. The molecule has 0 atom stereocenters. The average Bonchev–Trinajstić information content (AvgIpc) is 2.62. The Morgan fingerprint density at radius 1 is 1.08 bits per heavy atom. The Morgan fingerprint density at radius 3 is 2.64 bits per heavy atom. The van der Waals surface area contributed by atoms with E-state index in [0.717, 1.165) is 17.0 Å². The van der Waals surface area contributed by atoms with Crippen molar-refractivity contribution in [3.05, 3.63) is 82.0 Å². The minimum absolute atomic E-state index is 0.0159. The third-order valence-corrected chi connectivity index (χ3v) is 3.38. The molecule has 0 saturated carbocycles. The predicted molar refractivity (Wildman–Crippen MR) is 96.5 cm³/mol. The maximum atomic E-state index is 10.8. The number of hydrazone groups is 1. The Bertz CT molecular complexity index is 926. The van der Waals surface area contributed by atoms with E-state index < -0.39 is 4.92 Å². The normalized spacial score (nSPS) is 10.8. The topological polar surface area (TPSA) is 93.3 Å². The first-order valence-electron chi connectivity index (χ1n) is 7.56. The molecular weight excluding hydrogens is 318 g/mol. The molecule has 0 aliphatic carbocycles. The van der Waals surface area contributed by atoms with Crippen LogP contribution in [0.1, 0.15) is 11.3 Å². The summed E-state index contributed by atoms with van der Waals surface area (Å²) in [6.07, 6.45) is 1.49. The zero-order valence-corrected chi connectivity index (χ0v) is 13.5. The van der Waals surface area contributed by atoms with Crippen LogP contribution in [0.2, 0.25) is 0 Å². The monoisotopic (exact) mass is 333 g/mol. The van der Waals surface area contributed by atoms with E-state index in [1.807, 2.05) is 43.3 Å². The number of anilines is 1. The molecule has 1 aromatic heterocycles. The van der Waals surface area contributed by atoms with Gasteiger partial charge < -0.3 is 0 Å². The number of nitrogens with zero attached hydrogens (tertiary/aromatic N) is 4. The summed E-state index contributed by atoms with van der Waals surface area (Å²) in [5.41, 5.74) is 5.98. The summed E-state index contributed by atoms with van der Waals surface area (Å²) < 4.78 is 0. The standard InChI is InChI=1S/C18H15N5O2/c1-13-10-17(15-7-3-2-4-8-15)21-18(20-13)22-19-12-14-6-5-9-16(11-14)23(24)25/h2-12H,1H3,(H,20,21,22)/b19-12+. The van der Waals surface area contributed by atoms with Crippen LogP contribution in [-0.4, -0.2) is 21.1 Å². The number of hydrogen-bond acceptors (Lipinski definition) is 6.